The molecule has 3 rings (SSSR count). The Morgan fingerprint density at radius 1 is 1.10 bits per heavy atom. The lowest BCUT2D eigenvalue weighted by Gasteiger charge is -2.34. The molecule has 0 spiro atoms. The molecule has 1 N–H and O–H groups in total. The number of halogens is 3. The summed E-state index contributed by atoms with van der Waals surface area (Å²) < 4.78 is 39.5. The molecule has 0 saturated carbocycles. The van der Waals surface area contributed by atoms with Crippen LogP contribution in [0.3, 0.4) is 0 Å². The van der Waals surface area contributed by atoms with Crippen LogP contribution in [0.2, 0.25) is 0 Å². The Morgan fingerprint density at radius 3 is 2.75 bits per heavy atom. The Bertz CT molecular complexity index is 462. The van der Waals surface area contributed by atoms with E-state index in [4.69, 9.17) is 0 Å². The van der Waals surface area contributed by atoms with E-state index < -0.39 is 12.0 Å². The lowest BCUT2D eigenvalue weighted by atomic mass is 10.1. The summed E-state index contributed by atoms with van der Waals surface area (Å²) in [5.74, 6) is -0.435. The third-order valence-corrected chi connectivity index (χ3v) is 4.10. The second kappa shape index (κ2) is 5.33. The van der Waals surface area contributed by atoms with Gasteiger partial charge in [-0.05, 0) is 32.4 Å². The van der Waals surface area contributed by atoms with Gasteiger partial charge in [0.25, 0.3) is 0 Å². The summed E-state index contributed by atoms with van der Waals surface area (Å²) >= 11 is 0. The van der Waals surface area contributed by atoms with Gasteiger partial charge in [0.15, 0.2) is 0 Å². The number of aromatic nitrogens is 3. The lowest BCUT2D eigenvalue weighted by molar-refractivity contribution is -0.148. The molecule has 2 aliphatic rings. The zero-order valence-electron chi connectivity index (χ0n) is 11.2. The van der Waals surface area contributed by atoms with E-state index >= 15 is 0 Å². The van der Waals surface area contributed by atoms with Gasteiger partial charge in [0.2, 0.25) is 5.82 Å². The van der Waals surface area contributed by atoms with E-state index in [0.717, 1.165) is 32.4 Å². The third-order valence-electron chi connectivity index (χ3n) is 4.10. The summed E-state index contributed by atoms with van der Waals surface area (Å²) in [6.07, 6.45) is -1.17. The van der Waals surface area contributed by atoms with Crippen LogP contribution in [0.4, 0.5) is 13.2 Å². The van der Waals surface area contributed by atoms with Crippen molar-refractivity contribution in [1.29, 1.82) is 0 Å². The fraction of sp³-hybridized carbons (Fsp3) is 0.833. The summed E-state index contributed by atoms with van der Waals surface area (Å²) in [4.78, 5) is 2.25. The fourth-order valence-electron chi connectivity index (χ4n) is 3.06. The van der Waals surface area contributed by atoms with Gasteiger partial charge < -0.3 is 9.88 Å². The van der Waals surface area contributed by atoms with Crippen LogP contribution in [0.5, 0.6) is 0 Å². The molecule has 0 aliphatic carbocycles. The van der Waals surface area contributed by atoms with Crippen molar-refractivity contribution in [3.05, 3.63) is 11.6 Å². The minimum atomic E-state index is -4.42. The smallest absolute Gasteiger partial charge is 0.317 e. The molecule has 1 atom stereocenters. The van der Waals surface area contributed by atoms with Gasteiger partial charge in [0.1, 0.15) is 5.82 Å². The number of rotatable bonds is 1. The van der Waals surface area contributed by atoms with E-state index in [9.17, 15) is 13.2 Å². The van der Waals surface area contributed by atoms with E-state index in [0.29, 0.717) is 31.5 Å². The molecule has 20 heavy (non-hydrogen) atoms. The maximum absolute atomic E-state index is 12.8. The molecule has 5 nitrogen and oxygen atoms in total. The SMILES string of the molecule is FC(F)(F)c1nnc2n1CCN(C1CCCNCC1)C2. The highest BCUT2D eigenvalue weighted by Gasteiger charge is 2.40. The molecular weight excluding hydrogens is 271 g/mol. The first-order valence-corrected chi connectivity index (χ1v) is 7.00. The quantitative estimate of drug-likeness (QED) is 0.845. The van der Waals surface area contributed by atoms with Crippen LogP contribution in [0.25, 0.3) is 0 Å². The summed E-state index contributed by atoms with van der Waals surface area (Å²) in [5.41, 5.74) is 0. The molecule has 1 aromatic heterocycles. The van der Waals surface area contributed by atoms with Gasteiger partial charge >= 0.3 is 6.18 Å². The van der Waals surface area contributed by atoms with E-state index in [1.54, 1.807) is 0 Å². The molecule has 112 valence electrons. The van der Waals surface area contributed by atoms with Crippen molar-refractivity contribution in [2.75, 3.05) is 19.6 Å². The average Bonchev–Trinajstić information content (AvgIpc) is 2.65. The van der Waals surface area contributed by atoms with E-state index in [1.165, 1.54) is 4.57 Å². The maximum Gasteiger partial charge on any atom is 0.451 e. The molecule has 0 aromatic carbocycles. The number of nitrogens with zero attached hydrogens (tertiary/aromatic N) is 4. The molecule has 1 saturated heterocycles. The zero-order chi connectivity index (χ0) is 14.2. The third kappa shape index (κ3) is 2.67. The second-order valence-corrected chi connectivity index (χ2v) is 5.39. The molecule has 1 unspecified atom stereocenters. The van der Waals surface area contributed by atoms with Crippen molar-refractivity contribution in [2.45, 2.75) is 44.6 Å². The summed E-state index contributed by atoms with van der Waals surface area (Å²) in [7, 11) is 0. The minimum Gasteiger partial charge on any atom is -0.317 e. The topological polar surface area (TPSA) is 46.0 Å². The maximum atomic E-state index is 12.8. The minimum absolute atomic E-state index is 0.321. The first kappa shape index (κ1) is 13.8. The van der Waals surface area contributed by atoms with Crippen molar-refractivity contribution < 1.29 is 13.2 Å². The van der Waals surface area contributed by atoms with E-state index in [1.807, 2.05) is 0 Å². The van der Waals surface area contributed by atoms with Crippen LogP contribution < -0.4 is 5.32 Å². The molecule has 0 radical (unpaired) electrons. The Hall–Kier alpha value is -1.15. The Morgan fingerprint density at radius 2 is 1.95 bits per heavy atom. The fourth-order valence-corrected chi connectivity index (χ4v) is 3.06. The number of fused-ring (bicyclic) bond motifs is 1. The second-order valence-electron chi connectivity index (χ2n) is 5.39. The Labute approximate surface area is 115 Å². The first-order chi connectivity index (χ1) is 9.55. The van der Waals surface area contributed by atoms with Crippen molar-refractivity contribution in [3.63, 3.8) is 0 Å². The lowest BCUT2D eigenvalue weighted by Crippen LogP contribution is -2.42. The molecule has 2 aliphatic heterocycles. The van der Waals surface area contributed by atoms with Gasteiger partial charge in [-0.15, -0.1) is 10.2 Å². The van der Waals surface area contributed by atoms with Crippen LogP contribution in [-0.4, -0.2) is 45.3 Å². The summed E-state index contributed by atoms with van der Waals surface area (Å²) in [6, 6.07) is 0.435. The van der Waals surface area contributed by atoms with Gasteiger partial charge in [-0.25, -0.2) is 0 Å². The van der Waals surface area contributed by atoms with Gasteiger partial charge in [0.05, 0.1) is 6.54 Å². The molecule has 3 heterocycles. The van der Waals surface area contributed by atoms with Crippen molar-refractivity contribution in [3.8, 4) is 0 Å². The number of nitrogens with one attached hydrogen (secondary N) is 1. The van der Waals surface area contributed by atoms with Crippen molar-refractivity contribution in [1.82, 2.24) is 25.0 Å². The molecule has 1 aromatic rings. The number of alkyl halides is 3. The highest BCUT2D eigenvalue weighted by Crippen LogP contribution is 2.30. The van der Waals surface area contributed by atoms with Gasteiger partial charge in [-0.1, -0.05) is 0 Å². The monoisotopic (exact) mass is 289 g/mol. The Balaban J connectivity index is 1.74. The van der Waals surface area contributed by atoms with Crippen LogP contribution in [-0.2, 0) is 19.3 Å². The van der Waals surface area contributed by atoms with Crippen molar-refractivity contribution >= 4 is 0 Å². The largest absolute Gasteiger partial charge is 0.451 e. The van der Waals surface area contributed by atoms with Gasteiger partial charge in [0, 0.05) is 19.1 Å². The van der Waals surface area contributed by atoms with Crippen LogP contribution >= 0.6 is 0 Å². The highest BCUT2D eigenvalue weighted by atomic mass is 19.4. The first-order valence-electron chi connectivity index (χ1n) is 7.00. The highest BCUT2D eigenvalue weighted by molar-refractivity contribution is 5.02. The zero-order valence-corrected chi connectivity index (χ0v) is 11.2. The van der Waals surface area contributed by atoms with E-state index in [2.05, 4.69) is 20.4 Å². The average molecular weight is 289 g/mol. The summed E-state index contributed by atoms with van der Waals surface area (Å²) in [6.45, 7) is 3.42. The molecule has 0 amide bonds. The van der Waals surface area contributed by atoms with E-state index in [-0.39, 0.29) is 0 Å². The predicted molar refractivity (Wildman–Crippen MR) is 65.9 cm³/mol. The summed E-state index contributed by atoms with van der Waals surface area (Å²) in [5, 5.41) is 10.4. The van der Waals surface area contributed by atoms with Crippen LogP contribution in [0, 0.1) is 0 Å². The molecule has 1 fully saturated rings. The van der Waals surface area contributed by atoms with Gasteiger partial charge in [-0.3, -0.25) is 4.90 Å². The van der Waals surface area contributed by atoms with Crippen LogP contribution in [0.15, 0.2) is 0 Å². The predicted octanol–water partition coefficient (Wildman–Crippen LogP) is 1.25. The normalized spacial score (nSPS) is 25.2. The van der Waals surface area contributed by atoms with Crippen molar-refractivity contribution in [2.24, 2.45) is 0 Å². The Kier molecular flexibility index (Phi) is 3.68. The number of hydrogen-bond acceptors (Lipinski definition) is 4. The molecule has 0 bridgehead atoms. The number of hydrogen-bond donors (Lipinski definition) is 1. The standard InChI is InChI=1S/C12H18F3N5/c13-12(14,15)11-18-17-10-8-19(6-7-20(10)11)9-2-1-4-16-5-3-9/h9,16H,1-8H2. The van der Waals surface area contributed by atoms with Crippen LogP contribution in [0.1, 0.15) is 30.9 Å². The van der Waals surface area contributed by atoms with Gasteiger partial charge in [-0.2, -0.15) is 13.2 Å². The molecular formula is C12H18F3N5. The molecule has 8 heteroatoms.